The molecule has 0 N–H and O–H groups in total. The van der Waals surface area contributed by atoms with E-state index in [-0.39, 0.29) is 24.2 Å². The van der Waals surface area contributed by atoms with Crippen molar-refractivity contribution in [3.05, 3.63) is 41.0 Å². The smallest absolute Gasteiger partial charge is 0.228 e. The number of aromatic nitrogens is 2. The van der Waals surface area contributed by atoms with Gasteiger partial charge < -0.3 is 24.3 Å². The summed E-state index contributed by atoms with van der Waals surface area (Å²) in [5, 5.41) is 0.622. The zero-order valence-corrected chi connectivity index (χ0v) is 20.1. The standard InChI is InChI=1S/C24H29ClN6O3/c1-17-14-21(27-24(26-17)30-10-12-34-13-11-30)28-6-8-29(9-7-28)23(33)18-15-22(32)31(16-18)20-4-2-19(25)3-5-20/h2-5,14,18H,6-13,15-16H2,1H3. The van der Waals surface area contributed by atoms with Crippen LogP contribution in [0.5, 0.6) is 0 Å². The van der Waals surface area contributed by atoms with Crippen LogP contribution in [0.1, 0.15) is 12.1 Å². The molecule has 9 nitrogen and oxygen atoms in total. The molecule has 5 rings (SSSR count). The van der Waals surface area contributed by atoms with Crippen LogP contribution in [0, 0.1) is 12.8 Å². The highest BCUT2D eigenvalue weighted by Gasteiger charge is 2.38. The van der Waals surface area contributed by atoms with Crippen molar-refractivity contribution in [1.82, 2.24) is 14.9 Å². The summed E-state index contributed by atoms with van der Waals surface area (Å²) in [5.41, 5.74) is 1.71. The molecule has 0 bridgehead atoms. The fraction of sp³-hybridized carbons (Fsp3) is 0.500. The van der Waals surface area contributed by atoms with E-state index >= 15 is 0 Å². The lowest BCUT2D eigenvalue weighted by Crippen LogP contribution is -2.51. The first-order chi connectivity index (χ1) is 16.5. The number of rotatable bonds is 4. The highest BCUT2D eigenvalue weighted by molar-refractivity contribution is 6.30. The number of amides is 2. The van der Waals surface area contributed by atoms with Crippen LogP contribution in [0.4, 0.5) is 17.5 Å². The molecule has 1 aromatic carbocycles. The van der Waals surface area contributed by atoms with E-state index in [0.717, 1.165) is 36.2 Å². The lowest BCUT2D eigenvalue weighted by Gasteiger charge is -2.37. The molecule has 1 unspecified atom stereocenters. The number of carbonyl (C=O) groups is 2. The van der Waals surface area contributed by atoms with Gasteiger partial charge in [0.1, 0.15) is 5.82 Å². The molecule has 3 aliphatic heterocycles. The maximum atomic E-state index is 13.2. The molecule has 3 aliphatic rings. The lowest BCUT2D eigenvalue weighted by molar-refractivity contribution is -0.136. The van der Waals surface area contributed by atoms with Gasteiger partial charge in [0, 0.05) is 74.7 Å². The fourth-order valence-corrected chi connectivity index (χ4v) is 4.89. The fourth-order valence-electron chi connectivity index (χ4n) is 4.76. The quantitative estimate of drug-likeness (QED) is 0.656. The number of carbonyl (C=O) groups excluding carboxylic acids is 2. The second kappa shape index (κ2) is 9.76. The Kier molecular flexibility index (Phi) is 6.56. The Morgan fingerprint density at radius 2 is 1.71 bits per heavy atom. The molecular weight excluding hydrogens is 456 g/mol. The van der Waals surface area contributed by atoms with E-state index in [4.69, 9.17) is 21.3 Å². The minimum atomic E-state index is -0.316. The number of aryl methyl sites for hydroxylation is 1. The lowest BCUT2D eigenvalue weighted by atomic mass is 10.1. The minimum Gasteiger partial charge on any atom is -0.378 e. The van der Waals surface area contributed by atoms with E-state index in [0.29, 0.717) is 51.0 Å². The number of nitrogens with zero attached hydrogens (tertiary/aromatic N) is 6. The van der Waals surface area contributed by atoms with Crippen molar-refractivity contribution >= 4 is 40.9 Å². The molecule has 0 spiro atoms. The number of piperazine rings is 1. The zero-order valence-electron chi connectivity index (χ0n) is 19.3. The van der Waals surface area contributed by atoms with E-state index < -0.39 is 0 Å². The largest absolute Gasteiger partial charge is 0.378 e. The minimum absolute atomic E-state index is 0.0218. The Morgan fingerprint density at radius 3 is 2.41 bits per heavy atom. The van der Waals surface area contributed by atoms with Crippen molar-refractivity contribution in [3.63, 3.8) is 0 Å². The summed E-state index contributed by atoms with van der Waals surface area (Å²) in [6, 6.07) is 9.16. The predicted octanol–water partition coefficient (Wildman–Crippen LogP) is 1.98. The molecule has 0 saturated carbocycles. The van der Waals surface area contributed by atoms with Crippen LogP contribution in [-0.4, -0.2) is 85.7 Å². The van der Waals surface area contributed by atoms with Gasteiger partial charge in [-0.3, -0.25) is 9.59 Å². The first-order valence-electron chi connectivity index (χ1n) is 11.8. The number of ether oxygens (including phenoxy) is 1. The predicted molar refractivity (Wildman–Crippen MR) is 131 cm³/mol. The third-order valence-corrected chi connectivity index (χ3v) is 6.90. The summed E-state index contributed by atoms with van der Waals surface area (Å²) in [7, 11) is 0. The first-order valence-corrected chi connectivity index (χ1v) is 12.1. The number of anilines is 3. The Bertz CT molecular complexity index is 1050. The molecule has 1 atom stereocenters. The van der Waals surface area contributed by atoms with E-state index in [1.807, 2.05) is 30.0 Å². The summed E-state index contributed by atoms with van der Waals surface area (Å²) in [4.78, 5) is 43.1. The number of halogens is 1. The summed E-state index contributed by atoms with van der Waals surface area (Å²) in [6.45, 7) is 7.97. The van der Waals surface area contributed by atoms with E-state index in [1.54, 1.807) is 17.0 Å². The van der Waals surface area contributed by atoms with Crippen LogP contribution in [0.3, 0.4) is 0 Å². The molecular formula is C24H29ClN6O3. The van der Waals surface area contributed by atoms with Gasteiger partial charge in [-0.2, -0.15) is 4.98 Å². The Balaban J connectivity index is 1.20. The van der Waals surface area contributed by atoms with Gasteiger partial charge in [-0.15, -0.1) is 0 Å². The number of hydrogen-bond donors (Lipinski definition) is 0. The van der Waals surface area contributed by atoms with Crippen LogP contribution >= 0.6 is 11.6 Å². The molecule has 1 aromatic heterocycles. The maximum absolute atomic E-state index is 13.2. The molecule has 3 fully saturated rings. The van der Waals surface area contributed by atoms with Crippen molar-refractivity contribution in [2.45, 2.75) is 13.3 Å². The SMILES string of the molecule is Cc1cc(N2CCN(C(=O)C3CC(=O)N(c4ccc(Cl)cc4)C3)CC2)nc(N2CCOCC2)n1. The summed E-state index contributed by atoms with van der Waals surface area (Å²) < 4.78 is 5.44. The Hall–Kier alpha value is -2.91. The average Bonchev–Trinajstić information content (AvgIpc) is 3.26. The van der Waals surface area contributed by atoms with Crippen LogP contribution in [0.15, 0.2) is 30.3 Å². The van der Waals surface area contributed by atoms with Gasteiger partial charge in [0.05, 0.1) is 19.1 Å². The van der Waals surface area contributed by atoms with Crippen LogP contribution < -0.4 is 14.7 Å². The van der Waals surface area contributed by atoms with E-state index in [2.05, 4.69) is 14.8 Å². The molecule has 2 amide bonds. The van der Waals surface area contributed by atoms with Crippen LogP contribution in [0.25, 0.3) is 0 Å². The van der Waals surface area contributed by atoms with Crippen molar-refractivity contribution < 1.29 is 14.3 Å². The Morgan fingerprint density at radius 1 is 1.00 bits per heavy atom. The van der Waals surface area contributed by atoms with Gasteiger partial charge in [0.25, 0.3) is 0 Å². The third-order valence-electron chi connectivity index (χ3n) is 6.65. The second-order valence-electron chi connectivity index (χ2n) is 8.96. The topological polar surface area (TPSA) is 82.1 Å². The van der Waals surface area contributed by atoms with Crippen molar-refractivity contribution in [3.8, 4) is 0 Å². The molecule has 180 valence electrons. The van der Waals surface area contributed by atoms with Crippen molar-refractivity contribution in [1.29, 1.82) is 0 Å². The summed E-state index contributed by atoms with van der Waals surface area (Å²) in [5.74, 6) is 1.35. The van der Waals surface area contributed by atoms with E-state index in [9.17, 15) is 9.59 Å². The number of benzene rings is 1. The number of hydrogen-bond acceptors (Lipinski definition) is 7. The molecule has 0 radical (unpaired) electrons. The van der Waals surface area contributed by atoms with Gasteiger partial charge in [-0.25, -0.2) is 4.98 Å². The average molecular weight is 485 g/mol. The molecule has 2 aromatic rings. The maximum Gasteiger partial charge on any atom is 0.228 e. The van der Waals surface area contributed by atoms with Crippen molar-refractivity contribution in [2.75, 3.05) is 73.7 Å². The molecule has 34 heavy (non-hydrogen) atoms. The third kappa shape index (κ3) is 4.81. The molecule has 10 heteroatoms. The van der Waals surface area contributed by atoms with Crippen molar-refractivity contribution in [2.24, 2.45) is 5.92 Å². The van der Waals surface area contributed by atoms with Crippen LogP contribution in [0.2, 0.25) is 5.02 Å². The van der Waals surface area contributed by atoms with Gasteiger partial charge >= 0.3 is 0 Å². The molecule has 0 aliphatic carbocycles. The van der Waals surface area contributed by atoms with Gasteiger partial charge in [-0.05, 0) is 31.2 Å². The highest BCUT2D eigenvalue weighted by Crippen LogP contribution is 2.28. The monoisotopic (exact) mass is 484 g/mol. The normalized spacial score (nSPS) is 21.4. The summed E-state index contributed by atoms with van der Waals surface area (Å²) in [6.07, 6.45) is 0.246. The highest BCUT2D eigenvalue weighted by atomic mass is 35.5. The molecule has 3 saturated heterocycles. The second-order valence-corrected chi connectivity index (χ2v) is 9.40. The van der Waals surface area contributed by atoms with Gasteiger partial charge in [-0.1, -0.05) is 11.6 Å². The van der Waals surface area contributed by atoms with Gasteiger partial charge in [0.15, 0.2) is 0 Å². The van der Waals surface area contributed by atoms with E-state index in [1.165, 1.54) is 0 Å². The Labute approximate surface area is 204 Å². The zero-order chi connectivity index (χ0) is 23.7. The first kappa shape index (κ1) is 22.9. The van der Waals surface area contributed by atoms with Gasteiger partial charge in [0.2, 0.25) is 17.8 Å². The molecule has 4 heterocycles. The van der Waals surface area contributed by atoms with Crippen LogP contribution in [-0.2, 0) is 14.3 Å². The summed E-state index contributed by atoms with van der Waals surface area (Å²) >= 11 is 5.96. The number of morpholine rings is 1.